The molecule has 0 aromatic carbocycles. The molecule has 0 saturated carbocycles. The van der Waals surface area contributed by atoms with Crippen LogP contribution in [0.2, 0.25) is 0 Å². The van der Waals surface area contributed by atoms with Gasteiger partial charge in [0.2, 0.25) is 0 Å². The Balaban J connectivity index is 0. The third-order valence-electron chi connectivity index (χ3n) is 0. The average Bonchev–Trinajstić information content (AvgIpc) is 0. The van der Waals surface area contributed by atoms with Gasteiger partial charge in [0, 0.05) is 0 Å². The van der Waals surface area contributed by atoms with E-state index < -0.39 is 0 Å². The van der Waals surface area contributed by atoms with Crippen LogP contribution in [0.3, 0.4) is 0 Å². The van der Waals surface area contributed by atoms with E-state index in [-0.39, 0.29) is 156 Å². The minimum absolute atomic E-state index is 0. The molecule has 0 spiro atoms. The van der Waals surface area contributed by atoms with Crippen LogP contribution in [-0.4, -0.2) is 119 Å². The molecule has 0 rings (SSSR count). The van der Waals surface area contributed by atoms with Gasteiger partial charge in [0.25, 0.3) is 0 Å². The van der Waals surface area contributed by atoms with E-state index in [1.807, 2.05) is 0 Å². The van der Waals surface area contributed by atoms with E-state index in [4.69, 9.17) is 0 Å². The molecule has 6 heavy (non-hydrogen) atoms. The molecular formula is H7BaCl3KLi. The molecule has 0 aromatic heterocycles. The zero-order chi connectivity index (χ0) is 0. The summed E-state index contributed by atoms with van der Waals surface area (Å²) >= 11 is 0. The second kappa shape index (κ2) is 33.3. The summed E-state index contributed by atoms with van der Waals surface area (Å²) in [5.74, 6) is 0. The molecule has 0 amide bonds. The van der Waals surface area contributed by atoms with E-state index in [1.165, 1.54) is 0 Å². The SMILES string of the molecule is Cl.Cl.Cl.[BaH2].[KH].[LiH]. The fourth-order valence-corrected chi connectivity index (χ4v) is 0. The average molecular weight is 297 g/mol. The van der Waals surface area contributed by atoms with Crippen LogP contribution >= 0.6 is 37.2 Å². The second-order valence-electron chi connectivity index (χ2n) is 0. The first-order valence-corrected chi connectivity index (χ1v) is 0. The summed E-state index contributed by atoms with van der Waals surface area (Å²) in [4.78, 5) is 0. The summed E-state index contributed by atoms with van der Waals surface area (Å²) in [6, 6.07) is 0. The van der Waals surface area contributed by atoms with Crippen molar-refractivity contribution in [1.29, 1.82) is 0 Å². The van der Waals surface area contributed by atoms with Crippen LogP contribution in [0.4, 0.5) is 0 Å². The second-order valence-corrected chi connectivity index (χ2v) is 0. The molecule has 6 heteroatoms. The van der Waals surface area contributed by atoms with Crippen LogP contribution in [0.15, 0.2) is 0 Å². The van der Waals surface area contributed by atoms with Crippen molar-refractivity contribution in [3.8, 4) is 0 Å². The zero-order valence-corrected chi connectivity index (χ0v) is 3.67. The third-order valence-corrected chi connectivity index (χ3v) is 0. The van der Waals surface area contributed by atoms with Gasteiger partial charge in [-0.25, -0.2) is 0 Å². The van der Waals surface area contributed by atoms with Gasteiger partial charge in [-0.2, -0.15) is 0 Å². The molecule has 0 radical (unpaired) electrons. The van der Waals surface area contributed by atoms with Gasteiger partial charge < -0.3 is 0 Å². The number of rotatable bonds is 0. The van der Waals surface area contributed by atoms with Gasteiger partial charge in [-0.1, -0.05) is 0 Å². The first-order chi connectivity index (χ1) is 0. The molecule has 0 aliphatic heterocycles. The Kier molecular flexibility index (Phi) is 254. The maximum absolute atomic E-state index is 0. The summed E-state index contributed by atoms with van der Waals surface area (Å²) in [5.41, 5.74) is 0. The predicted octanol–water partition coefficient (Wildman–Crippen LogP) is -0.948. The number of hydrogen-bond acceptors (Lipinski definition) is 0. The fourth-order valence-electron chi connectivity index (χ4n) is 0. The van der Waals surface area contributed by atoms with Crippen molar-refractivity contribution in [3.05, 3.63) is 0 Å². The molecule has 0 saturated heterocycles. The molecule has 0 nitrogen and oxygen atoms in total. The van der Waals surface area contributed by atoms with E-state index in [9.17, 15) is 0 Å². The van der Waals surface area contributed by atoms with E-state index in [0.717, 1.165) is 0 Å². The van der Waals surface area contributed by atoms with Crippen LogP contribution in [-0.2, 0) is 0 Å². The molecule has 0 N–H and O–H groups in total. The van der Waals surface area contributed by atoms with Gasteiger partial charge >= 0.3 is 119 Å². The summed E-state index contributed by atoms with van der Waals surface area (Å²) in [6.45, 7) is 0. The summed E-state index contributed by atoms with van der Waals surface area (Å²) in [5, 5.41) is 0. The van der Waals surface area contributed by atoms with Gasteiger partial charge in [0.05, 0.1) is 0 Å². The van der Waals surface area contributed by atoms with Crippen LogP contribution in [0, 0.1) is 0 Å². The Morgan fingerprint density at radius 3 is 0.667 bits per heavy atom. The summed E-state index contributed by atoms with van der Waals surface area (Å²) < 4.78 is 0. The van der Waals surface area contributed by atoms with Gasteiger partial charge in [0.15, 0.2) is 0 Å². The van der Waals surface area contributed by atoms with Crippen LogP contribution < -0.4 is 0 Å². The quantitative estimate of drug-likeness (QED) is 0.506. The number of halogens is 3. The zero-order valence-electron chi connectivity index (χ0n) is 1.22. The molecule has 0 fully saturated rings. The summed E-state index contributed by atoms with van der Waals surface area (Å²) in [7, 11) is 0. The molecule has 32 valence electrons. The van der Waals surface area contributed by atoms with E-state index >= 15 is 0 Å². The Bertz CT molecular complexity index is 10.8. The van der Waals surface area contributed by atoms with Crippen molar-refractivity contribution in [2.45, 2.75) is 0 Å². The maximum atomic E-state index is 0. The third kappa shape index (κ3) is 23.4. The first-order valence-electron chi connectivity index (χ1n) is 0. The van der Waals surface area contributed by atoms with E-state index in [0.29, 0.717) is 0 Å². The van der Waals surface area contributed by atoms with Crippen molar-refractivity contribution in [1.82, 2.24) is 0 Å². The Morgan fingerprint density at radius 2 is 0.667 bits per heavy atom. The first kappa shape index (κ1) is 45.7. The Hall–Kier alpha value is 4.68. The van der Waals surface area contributed by atoms with E-state index in [2.05, 4.69) is 0 Å². The molecular weight excluding hydrogens is 290 g/mol. The Labute approximate surface area is 152 Å². The predicted molar refractivity (Wildman–Crippen MR) is 44.6 cm³/mol. The summed E-state index contributed by atoms with van der Waals surface area (Å²) in [6.07, 6.45) is 0. The monoisotopic (exact) mass is 296 g/mol. The molecule has 0 aliphatic rings. The van der Waals surface area contributed by atoms with Crippen molar-refractivity contribution in [3.63, 3.8) is 0 Å². The molecule has 0 aromatic rings. The van der Waals surface area contributed by atoms with Crippen molar-refractivity contribution in [2.24, 2.45) is 0 Å². The van der Waals surface area contributed by atoms with Gasteiger partial charge in [0.1, 0.15) is 0 Å². The molecule has 0 atom stereocenters. The molecule has 0 aliphatic carbocycles. The van der Waals surface area contributed by atoms with Crippen molar-refractivity contribution >= 4 is 156 Å². The van der Waals surface area contributed by atoms with Crippen LogP contribution in [0.25, 0.3) is 0 Å². The van der Waals surface area contributed by atoms with Crippen LogP contribution in [0.5, 0.6) is 0 Å². The normalized spacial score (nSPS) is 0. The molecule has 0 bridgehead atoms. The van der Waals surface area contributed by atoms with Gasteiger partial charge in [-0.15, -0.1) is 37.2 Å². The van der Waals surface area contributed by atoms with Crippen LogP contribution in [0.1, 0.15) is 0 Å². The molecule has 0 heterocycles. The standard InChI is InChI=1S/Ba.3ClH.K.Li.4H/h;3*1H;;;;;;. The van der Waals surface area contributed by atoms with E-state index in [1.54, 1.807) is 0 Å². The minimum atomic E-state index is 0. The van der Waals surface area contributed by atoms with Crippen molar-refractivity contribution < 1.29 is 0 Å². The van der Waals surface area contributed by atoms with Gasteiger partial charge in [-0.05, 0) is 0 Å². The molecule has 0 unspecified atom stereocenters. The fraction of sp³-hybridized carbons (Fsp3) is 0. The number of hydrogen-bond donors (Lipinski definition) is 0. The topological polar surface area (TPSA) is 0 Å². The van der Waals surface area contributed by atoms with Gasteiger partial charge in [-0.3, -0.25) is 0 Å². The van der Waals surface area contributed by atoms with Crippen molar-refractivity contribution in [2.75, 3.05) is 0 Å². The Morgan fingerprint density at radius 1 is 0.667 bits per heavy atom.